The molecule has 0 spiro atoms. The van der Waals surface area contributed by atoms with Gasteiger partial charge in [-0.25, -0.2) is 4.79 Å². The fourth-order valence-electron chi connectivity index (χ4n) is 1.30. The molecule has 0 atom stereocenters. The van der Waals surface area contributed by atoms with E-state index in [-0.39, 0.29) is 0 Å². The number of hydrogen-bond acceptors (Lipinski definition) is 4. The van der Waals surface area contributed by atoms with Gasteiger partial charge in [-0.15, -0.1) is 0 Å². The van der Waals surface area contributed by atoms with Gasteiger partial charge in [0.1, 0.15) is 12.4 Å². The number of aliphatic carboxylic acids is 1. The maximum atomic E-state index is 10.3. The predicted molar refractivity (Wildman–Crippen MR) is 72.1 cm³/mol. The predicted octanol–water partition coefficient (Wildman–Crippen LogP) is 2.37. The fraction of sp³-hybridized carbons (Fsp3) is 0.429. The van der Waals surface area contributed by atoms with Crippen molar-refractivity contribution in [3.8, 4) is 5.75 Å². The first-order valence-corrected chi connectivity index (χ1v) is 6.30. The first kappa shape index (κ1) is 15.2. The molecule has 5 nitrogen and oxygen atoms in total. The monoisotopic (exact) mass is 265 g/mol. The zero-order valence-electron chi connectivity index (χ0n) is 11.0. The Balaban J connectivity index is 2.26. The van der Waals surface area contributed by atoms with Crippen molar-refractivity contribution >= 4 is 12.0 Å². The molecule has 19 heavy (non-hydrogen) atoms. The lowest BCUT2D eigenvalue weighted by Gasteiger charge is -2.06. The second kappa shape index (κ2) is 9.10. The van der Waals surface area contributed by atoms with Gasteiger partial charge >= 0.3 is 5.97 Å². The van der Waals surface area contributed by atoms with E-state index in [1.165, 1.54) is 6.08 Å². The number of ether oxygens (including phenoxy) is 2. The van der Waals surface area contributed by atoms with Crippen LogP contribution in [0.5, 0.6) is 5.75 Å². The van der Waals surface area contributed by atoms with E-state index in [0.29, 0.717) is 24.7 Å². The second-order valence-corrected chi connectivity index (χ2v) is 3.90. The highest BCUT2D eigenvalue weighted by Gasteiger charge is 1.96. The van der Waals surface area contributed by atoms with Crippen LogP contribution in [0.15, 0.2) is 24.4 Å². The fourth-order valence-corrected chi connectivity index (χ4v) is 1.30. The van der Waals surface area contributed by atoms with Gasteiger partial charge in [-0.05, 0) is 24.6 Å². The van der Waals surface area contributed by atoms with Crippen molar-refractivity contribution in [2.45, 2.75) is 19.8 Å². The van der Waals surface area contributed by atoms with Crippen molar-refractivity contribution in [1.82, 2.24) is 4.98 Å². The molecule has 0 amide bonds. The summed E-state index contributed by atoms with van der Waals surface area (Å²) in [6.45, 7) is 3.92. The van der Waals surface area contributed by atoms with E-state index in [9.17, 15) is 4.79 Å². The van der Waals surface area contributed by atoms with Gasteiger partial charge in [0.15, 0.2) is 0 Å². The molecule has 1 heterocycles. The van der Waals surface area contributed by atoms with Crippen molar-refractivity contribution in [3.63, 3.8) is 0 Å². The van der Waals surface area contributed by atoms with Crippen LogP contribution in [0, 0.1) is 0 Å². The molecule has 0 bridgehead atoms. The molecule has 5 heteroatoms. The van der Waals surface area contributed by atoms with E-state index >= 15 is 0 Å². The second-order valence-electron chi connectivity index (χ2n) is 3.90. The van der Waals surface area contributed by atoms with Crippen LogP contribution in [-0.2, 0) is 9.53 Å². The van der Waals surface area contributed by atoms with Gasteiger partial charge in [0.2, 0.25) is 0 Å². The van der Waals surface area contributed by atoms with Gasteiger partial charge in [-0.2, -0.15) is 0 Å². The number of unbranched alkanes of at least 4 members (excludes halogenated alkanes) is 1. The summed E-state index contributed by atoms with van der Waals surface area (Å²) in [6, 6.07) is 3.45. The zero-order chi connectivity index (χ0) is 13.9. The first-order chi connectivity index (χ1) is 9.22. The molecule has 0 fully saturated rings. The van der Waals surface area contributed by atoms with Gasteiger partial charge in [-0.3, -0.25) is 4.98 Å². The van der Waals surface area contributed by atoms with Crippen LogP contribution in [-0.4, -0.2) is 35.9 Å². The van der Waals surface area contributed by atoms with Crippen molar-refractivity contribution in [3.05, 3.63) is 30.1 Å². The Bertz CT molecular complexity index is 400. The largest absolute Gasteiger partial charge is 0.490 e. The highest BCUT2D eigenvalue weighted by molar-refractivity contribution is 5.84. The molecule has 0 aliphatic heterocycles. The average molecular weight is 265 g/mol. The first-order valence-electron chi connectivity index (χ1n) is 6.30. The maximum Gasteiger partial charge on any atom is 0.328 e. The minimum absolute atomic E-state index is 0.482. The van der Waals surface area contributed by atoms with Crippen LogP contribution in [0.1, 0.15) is 25.5 Å². The third-order valence-corrected chi connectivity index (χ3v) is 2.29. The SMILES string of the molecule is CCCCOCCOc1ccc(C=CC(=O)O)nc1. The van der Waals surface area contributed by atoms with Crippen LogP contribution < -0.4 is 4.74 Å². The van der Waals surface area contributed by atoms with E-state index in [0.717, 1.165) is 25.5 Å². The summed E-state index contributed by atoms with van der Waals surface area (Å²) in [7, 11) is 0. The molecular weight excluding hydrogens is 246 g/mol. The molecule has 1 N–H and O–H groups in total. The third kappa shape index (κ3) is 7.21. The number of hydrogen-bond donors (Lipinski definition) is 1. The summed E-state index contributed by atoms with van der Waals surface area (Å²) in [6.07, 6.45) is 6.22. The van der Waals surface area contributed by atoms with E-state index < -0.39 is 5.97 Å². The normalized spacial score (nSPS) is 10.8. The highest BCUT2D eigenvalue weighted by atomic mass is 16.5. The van der Waals surface area contributed by atoms with E-state index in [1.54, 1.807) is 18.3 Å². The smallest absolute Gasteiger partial charge is 0.328 e. The van der Waals surface area contributed by atoms with Gasteiger partial charge < -0.3 is 14.6 Å². The number of pyridine rings is 1. The number of nitrogens with zero attached hydrogens (tertiary/aromatic N) is 1. The molecule has 0 aliphatic rings. The topological polar surface area (TPSA) is 68.7 Å². The Morgan fingerprint density at radius 3 is 2.84 bits per heavy atom. The number of carboxylic acids is 1. The Morgan fingerprint density at radius 2 is 2.21 bits per heavy atom. The summed E-state index contributed by atoms with van der Waals surface area (Å²) in [4.78, 5) is 14.4. The summed E-state index contributed by atoms with van der Waals surface area (Å²) < 4.78 is 10.8. The van der Waals surface area contributed by atoms with Crippen molar-refractivity contribution in [2.75, 3.05) is 19.8 Å². The average Bonchev–Trinajstić information content (AvgIpc) is 2.41. The summed E-state index contributed by atoms with van der Waals surface area (Å²) in [5, 5.41) is 8.48. The molecule has 0 aromatic carbocycles. The summed E-state index contributed by atoms with van der Waals surface area (Å²) in [5.74, 6) is -0.349. The number of carboxylic acid groups (broad SMARTS) is 1. The van der Waals surface area contributed by atoms with Gasteiger partial charge in [0, 0.05) is 12.7 Å². The number of aromatic nitrogens is 1. The Kier molecular flexibility index (Phi) is 7.27. The zero-order valence-corrected chi connectivity index (χ0v) is 11.0. The lowest BCUT2D eigenvalue weighted by atomic mass is 10.3. The molecule has 0 radical (unpaired) electrons. The van der Waals surface area contributed by atoms with Crippen molar-refractivity contribution in [1.29, 1.82) is 0 Å². The van der Waals surface area contributed by atoms with E-state index in [1.807, 2.05) is 0 Å². The van der Waals surface area contributed by atoms with Crippen LogP contribution in [0.4, 0.5) is 0 Å². The molecule has 0 saturated carbocycles. The van der Waals surface area contributed by atoms with E-state index in [2.05, 4.69) is 11.9 Å². The Morgan fingerprint density at radius 1 is 1.37 bits per heavy atom. The van der Waals surface area contributed by atoms with E-state index in [4.69, 9.17) is 14.6 Å². The highest BCUT2D eigenvalue weighted by Crippen LogP contribution is 2.09. The minimum atomic E-state index is -0.994. The molecule has 1 aromatic heterocycles. The Labute approximate surface area is 112 Å². The molecule has 1 aromatic rings. The molecule has 0 unspecified atom stereocenters. The van der Waals surface area contributed by atoms with Crippen LogP contribution in [0.2, 0.25) is 0 Å². The molecule has 104 valence electrons. The lowest BCUT2D eigenvalue weighted by molar-refractivity contribution is -0.131. The minimum Gasteiger partial charge on any atom is -0.490 e. The van der Waals surface area contributed by atoms with Crippen molar-refractivity contribution in [2.24, 2.45) is 0 Å². The summed E-state index contributed by atoms with van der Waals surface area (Å²) >= 11 is 0. The third-order valence-electron chi connectivity index (χ3n) is 2.29. The van der Waals surface area contributed by atoms with Gasteiger partial charge in [0.25, 0.3) is 0 Å². The number of carbonyl (C=O) groups is 1. The van der Waals surface area contributed by atoms with Gasteiger partial charge in [-0.1, -0.05) is 13.3 Å². The molecule has 0 aliphatic carbocycles. The Hall–Kier alpha value is -1.88. The van der Waals surface area contributed by atoms with Crippen LogP contribution >= 0.6 is 0 Å². The lowest BCUT2D eigenvalue weighted by Crippen LogP contribution is -2.07. The van der Waals surface area contributed by atoms with Crippen LogP contribution in [0.25, 0.3) is 6.08 Å². The molecule has 1 rings (SSSR count). The maximum absolute atomic E-state index is 10.3. The van der Waals surface area contributed by atoms with Gasteiger partial charge in [0.05, 0.1) is 18.5 Å². The quantitative estimate of drug-likeness (QED) is 0.548. The molecule has 0 saturated heterocycles. The van der Waals surface area contributed by atoms with Crippen molar-refractivity contribution < 1.29 is 19.4 Å². The summed E-state index contributed by atoms with van der Waals surface area (Å²) in [5.41, 5.74) is 0.578. The standard InChI is InChI=1S/C14H19NO4/c1-2-3-8-18-9-10-19-13-6-4-12(15-11-13)5-7-14(16)17/h4-7,11H,2-3,8-10H2,1H3,(H,16,17). The number of rotatable bonds is 9. The van der Waals surface area contributed by atoms with Crippen LogP contribution in [0.3, 0.4) is 0 Å². The molecular formula is C14H19NO4.